The Hall–Kier alpha value is -1.78. The highest BCUT2D eigenvalue weighted by Crippen LogP contribution is 2.70. The van der Waals surface area contributed by atoms with Gasteiger partial charge in [0.25, 0.3) is 0 Å². The first-order valence-corrected chi connectivity index (χ1v) is 14.4. The predicted octanol–water partition coefficient (Wildman–Crippen LogP) is 6.62. The Bertz CT molecular complexity index is 937. The molecule has 0 aromatic rings. The van der Waals surface area contributed by atoms with Gasteiger partial charge in [-0.2, -0.15) is 0 Å². The summed E-state index contributed by atoms with van der Waals surface area (Å²) in [6.07, 6.45) is 12.9. The summed E-state index contributed by atoms with van der Waals surface area (Å²) >= 11 is 0. The molecule has 0 spiro atoms. The maximum absolute atomic E-state index is 11.6. The molecule has 5 nitrogen and oxygen atoms in total. The van der Waals surface area contributed by atoms with Gasteiger partial charge in [-0.3, -0.25) is 9.59 Å². The highest BCUT2D eigenvalue weighted by molar-refractivity contribution is 5.66. The van der Waals surface area contributed by atoms with Crippen molar-refractivity contribution in [2.45, 2.75) is 105 Å². The first-order valence-electron chi connectivity index (χ1n) is 14.4. The Balaban J connectivity index is 1.27. The van der Waals surface area contributed by atoms with E-state index in [1.807, 2.05) is 0 Å². The fourth-order valence-corrected chi connectivity index (χ4v) is 9.50. The van der Waals surface area contributed by atoms with Crippen molar-refractivity contribution in [2.24, 2.45) is 46.3 Å². The van der Waals surface area contributed by atoms with Crippen LogP contribution in [0.5, 0.6) is 0 Å². The van der Waals surface area contributed by atoms with Crippen LogP contribution in [0.4, 0.5) is 0 Å². The van der Waals surface area contributed by atoms with E-state index in [2.05, 4.69) is 33.4 Å². The Labute approximate surface area is 217 Å². The average molecular weight is 499 g/mol. The standard InChI is InChI=1S/C31H46O5/c1-18(17-34-20(3)32)7-10-27-19(2)29-28(36-27)16-26-24-9-8-22-15-23(35-21(4)33)11-13-30(22,5)25(24)12-14-31(26,29)6/h10,18,22-26,28-29H,2,7-9,11-17H2,1,3-6H3/b27-10-/t18?,22?,23-,24?,25?,26?,28?,29?,30-,31-/m0/s1. The molecule has 10 atom stereocenters. The molecule has 0 radical (unpaired) electrons. The van der Waals surface area contributed by atoms with Crippen molar-refractivity contribution in [3.8, 4) is 0 Å². The minimum Gasteiger partial charge on any atom is -0.490 e. The molecule has 5 fully saturated rings. The monoisotopic (exact) mass is 498 g/mol. The first-order chi connectivity index (χ1) is 17.0. The third-order valence-corrected chi connectivity index (χ3v) is 11.2. The zero-order valence-electron chi connectivity index (χ0n) is 23.0. The highest BCUT2D eigenvalue weighted by atomic mass is 16.5. The SMILES string of the molecule is C=C1/C(=C/CC(C)COC(C)=O)OC2CC3C4CCC5C[C@@H](OC(C)=O)CC[C@]5(C)C4CC[C@]3(C)C12. The van der Waals surface area contributed by atoms with Gasteiger partial charge in [0, 0.05) is 19.8 Å². The summed E-state index contributed by atoms with van der Waals surface area (Å²) in [5, 5.41) is 0. The van der Waals surface area contributed by atoms with Gasteiger partial charge in [-0.05, 0) is 110 Å². The molecule has 200 valence electrons. The van der Waals surface area contributed by atoms with Crippen molar-refractivity contribution in [3.05, 3.63) is 24.0 Å². The van der Waals surface area contributed by atoms with Crippen LogP contribution in [-0.2, 0) is 23.8 Å². The second kappa shape index (κ2) is 9.51. The van der Waals surface area contributed by atoms with Crippen LogP contribution >= 0.6 is 0 Å². The van der Waals surface area contributed by atoms with Crippen LogP contribution in [0.2, 0.25) is 0 Å². The Kier molecular flexibility index (Phi) is 6.83. The largest absolute Gasteiger partial charge is 0.490 e. The molecule has 0 bridgehead atoms. The number of hydrogen-bond donors (Lipinski definition) is 0. The second-order valence-electron chi connectivity index (χ2n) is 13.3. The smallest absolute Gasteiger partial charge is 0.302 e. The maximum Gasteiger partial charge on any atom is 0.302 e. The molecule has 4 saturated carbocycles. The number of allylic oxidation sites excluding steroid dienone is 2. The maximum atomic E-state index is 11.6. The van der Waals surface area contributed by atoms with Crippen molar-refractivity contribution in [2.75, 3.05) is 6.61 Å². The van der Waals surface area contributed by atoms with Gasteiger partial charge in [0.15, 0.2) is 0 Å². The van der Waals surface area contributed by atoms with Gasteiger partial charge < -0.3 is 14.2 Å². The summed E-state index contributed by atoms with van der Waals surface area (Å²) < 4.78 is 17.4. The number of rotatable bonds is 5. The predicted molar refractivity (Wildman–Crippen MR) is 139 cm³/mol. The lowest BCUT2D eigenvalue weighted by Crippen LogP contribution is -2.54. The zero-order chi connectivity index (χ0) is 25.8. The third kappa shape index (κ3) is 4.32. The van der Waals surface area contributed by atoms with Crippen LogP contribution in [0.1, 0.15) is 92.4 Å². The molecule has 0 aromatic carbocycles. The van der Waals surface area contributed by atoms with E-state index in [-0.39, 0.29) is 35.5 Å². The van der Waals surface area contributed by atoms with Crippen molar-refractivity contribution in [3.63, 3.8) is 0 Å². The van der Waals surface area contributed by atoms with E-state index in [9.17, 15) is 9.59 Å². The van der Waals surface area contributed by atoms with Gasteiger partial charge in [-0.25, -0.2) is 0 Å². The van der Waals surface area contributed by atoms with Gasteiger partial charge >= 0.3 is 11.9 Å². The van der Waals surface area contributed by atoms with Crippen LogP contribution < -0.4 is 0 Å². The molecule has 7 unspecified atom stereocenters. The number of ether oxygens (including phenoxy) is 3. The lowest BCUT2D eigenvalue weighted by Gasteiger charge is -2.61. The topological polar surface area (TPSA) is 61.8 Å². The van der Waals surface area contributed by atoms with Crippen LogP contribution in [0.15, 0.2) is 24.0 Å². The molecule has 1 saturated heterocycles. The molecule has 1 aliphatic heterocycles. The summed E-state index contributed by atoms with van der Waals surface area (Å²) in [6, 6.07) is 0. The van der Waals surface area contributed by atoms with Gasteiger partial charge in [-0.15, -0.1) is 0 Å². The number of carbonyl (C=O) groups is 2. The molecular formula is C31H46O5. The number of fused-ring (bicyclic) bond motifs is 7. The van der Waals surface area contributed by atoms with Crippen molar-refractivity contribution in [1.82, 2.24) is 0 Å². The molecule has 0 amide bonds. The normalized spacial score (nSPS) is 45.1. The van der Waals surface area contributed by atoms with E-state index >= 15 is 0 Å². The molecular weight excluding hydrogens is 452 g/mol. The summed E-state index contributed by atoms with van der Waals surface area (Å²) in [7, 11) is 0. The van der Waals surface area contributed by atoms with Gasteiger partial charge in [-0.1, -0.05) is 27.4 Å². The molecule has 5 rings (SSSR count). The quantitative estimate of drug-likeness (QED) is 0.399. The summed E-state index contributed by atoms with van der Waals surface area (Å²) in [5.41, 5.74) is 1.84. The van der Waals surface area contributed by atoms with Gasteiger partial charge in [0.05, 0.1) is 6.61 Å². The number of hydrogen-bond acceptors (Lipinski definition) is 5. The van der Waals surface area contributed by atoms with Crippen molar-refractivity contribution >= 4 is 11.9 Å². The Morgan fingerprint density at radius 3 is 2.53 bits per heavy atom. The van der Waals surface area contributed by atoms with Crippen LogP contribution in [0.3, 0.4) is 0 Å². The summed E-state index contributed by atoms with van der Waals surface area (Å²) in [6.45, 7) is 15.2. The van der Waals surface area contributed by atoms with E-state index in [1.54, 1.807) is 6.92 Å². The molecule has 5 heteroatoms. The number of esters is 2. The first kappa shape index (κ1) is 25.9. The molecule has 5 aliphatic rings. The third-order valence-electron chi connectivity index (χ3n) is 11.2. The van der Waals surface area contributed by atoms with Crippen LogP contribution in [0, 0.1) is 46.3 Å². The van der Waals surface area contributed by atoms with Crippen molar-refractivity contribution < 1.29 is 23.8 Å². The minimum absolute atomic E-state index is 0.121. The van der Waals surface area contributed by atoms with E-state index in [0.717, 1.165) is 43.3 Å². The second-order valence-corrected chi connectivity index (χ2v) is 13.3. The fraction of sp³-hybridized carbons (Fsp3) is 0.806. The van der Waals surface area contributed by atoms with E-state index in [1.165, 1.54) is 44.6 Å². The lowest BCUT2D eigenvalue weighted by atomic mass is 9.44. The van der Waals surface area contributed by atoms with E-state index < -0.39 is 0 Å². The number of carbonyl (C=O) groups excluding carboxylic acids is 2. The average Bonchev–Trinajstić information content (AvgIpc) is 3.29. The van der Waals surface area contributed by atoms with Gasteiger partial charge in [0.2, 0.25) is 0 Å². The summed E-state index contributed by atoms with van der Waals surface area (Å²) in [4.78, 5) is 22.7. The van der Waals surface area contributed by atoms with Gasteiger partial charge in [0.1, 0.15) is 18.0 Å². The van der Waals surface area contributed by atoms with E-state index in [0.29, 0.717) is 29.8 Å². The van der Waals surface area contributed by atoms with Crippen LogP contribution in [-0.4, -0.2) is 30.8 Å². The fourth-order valence-electron chi connectivity index (χ4n) is 9.50. The van der Waals surface area contributed by atoms with E-state index in [4.69, 9.17) is 14.2 Å². The molecule has 0 aromatic heterocycles. The zero-order valence-corrected chi connectivity index (χ0v) is 23.0. The lowest BCUT2D eigenvalue weighted by molar-refractivity contribution is -0.159. The summed E-state index contributed by atoms with van der Waals surface area (Å²) in [5.74, 6) is 4.25. The Morgan fingerprint density at radius 1 is 1.06 bits per heavy atom. The molecule has 0 N–H and O–H groups in total. The van der Waals surface area contributed by atoms with Crippen molar-refractivity contribution in [1.29, 1.82) is 0 Å². The highest BCUT2D eigenvalue weighted by Gasteiger charge is 2.65. The van der Waals surface area contributed by atoms with Crippen LogP contribution in [0.25, 0.3) is 0 Å². The Morgan fingerprint density at radius 2 is 1.81 bits per heavy atom. The molecule has 1 heterocycles. The molecule has 4 aliphatic carbocycles. The minimum atomic E-state index is -0.222. The molecule has 36 heavy (non-hydrogen) atoms.